The molecule has 0 spiro atoms. The summed E-state index contributed by atoms with van der Waals surface area (Å²) in [6, 6.07) is 13.8. The molecule has 1 aliphatic carbocycles. The number of carbonyl (C=O) groups is 1. The average molecular weight is 428 g/mol. The van der Waals surface area contributed by atoms with Crippen molar-refractivity contribution >= 4 is 32.8 Å². The van der Waals surface area contributed by atoms with Gasteiger partial charge in [0, 0.05) is 15.4 Å². The van der Waals surface area contributed by atoms with E-state index in [4.69, 9.17) is 4.74 Å². The topological polar surface area (TPSA) is 62.3 Å². The van der Waals surface area contributed by atoms with E-state index in [1.807, 2.05) is 42.5 Å². The van der Waals surface area contributed by atoms with Crippen LogP contribution in [-0.4, -0.2) is 22.2 Å². The lowest BCUT2D eigenvalue weighted by Gasteiger charge is -2.23. The molecule has 0 atom stereocenters. The van der Waals surface area contributed by atoms with Gasteiger partial charge in [-0.05, 0) is 67.1 Å². The minimum absolute atomic E-state index is 0.0295. The number of carboxylic acids is 1. The molecular weight excluding hydrogens is 406 g/mol. The minimum Gasteiger partial charge on any atom is -0.490 e. The molecule has 4 nitrogen and oxygen atoms in total. The van der Waals surface area contributed by atoms with Crippen molar-refractivity contribution in [2.45, 2.75) is 44.6 Å². The molecule has 1 aromatic heterocycles. The van der Waals surface area contributed by atoms with Gasteiger partial charge >= 0.3 is 5.97 Å². The largest absolute Gasteiger partial charge is 0.490 e. The summed E-state index contributed by atoms with van der Waals surface area (Å²) in [6.07, 6.45) is 6.15. The molecule has 2 N–H and O–H groups in total. The van der Waals surface area contributed by atoms with Crippen LogP contribution in [0.4, 0.5) is 0 Å². The molecule has 3 aromatic rings. The maximum Gasteiger partial charge on any atom is 0.307 e. The summed E-state index contributed by atoms with van der Waals surface area (Å²) in [5, 5.41) is 10.4. The number of aromatic amines is 1. The lowest BCUT2D eigenvalue weighted by atomic mass is 9.98. The fraction of sp³-hybridized carbons (Fsp3) is 0.318. The van der Waals surface area contributed by atoms with Crippen molar-refractivity contribution in [2.75, 3.05) is 0 Å². The molecule has 4 rings (SSSR count). The number of hydrogen-bond acceptors (Lipinski definition) is 2. The van der Waals surface area contributed by atoms with Crippen molar-refractivity contribution < 1.29 is 14.6 Å². The zero-order chi connectivity index (χ0) is 18.8. The Morgan fingerprint density at radius 2 is 1.85 bits per heavy atom. The number of aliphatic carboxylic acids is 1. The van der Waals surface area contributed by atoms with Crippen LogP contribution in [0.3, 0.4) is 0 Å². The summed E-state index contributed by atoms with van der Waals surface area (Å²) >= 11 is 3.45. The quantitative estimate of drug-likeness (QED) is 0.529. The Bertz CT molecular complexity index is 956. The molecule has 0 amide bonds. The fourth-order valence-corrected chi connectivity index (χ4v) is 4.14. The van der Waals surface area contributed by atoms with Gasteiger partial charge in [-0.3, -0.25) is 4.79 Å². The number of ether oxygens (including phenoxy) is 1. The Morgan fingerprint density at radius 1 is 1.11 bits per heavy atom. The van der Waals surface area contributed by atoms with Crippen molar-refractivity contribution in [3.05, 3.63) is 52.5 Å². The maximum absolute atomic E-state index is 11.5. The molecule has 140 valence electrons. The van der Waals surface area contributed by atoms with Crippen molar-refractivity contribution in [3.63, 3.8) is 0 Å². The first-order valence-corrected chi connectivity index (χ1v) is 10.2. The number of carboxylic acid groups (broad SMARTS) is 1. The highest BCUT2D eigenvalue weighted by molar-refractivity contribution is 9.10. The van der Waals surface area contributed by atoms with E-state index in [0.717, 1.165) is 50.8 Å². The standard InChI is InChI=1S/C22H22BrNO3/c23-15-8-6-14(7-9-15)22-19(13-21(25)26)18-12-17(10-11-20(18)24-22)27-16-4-2-1-3-5-16/h6-12,16,24H,1-5,13H2,(H,25,26). The predicted molar refractivity (Wildman–Crippen MR) is 110 cm³/mol. The van der Waals surface area contributed by atoms with Crippen LogP contribution in [0, 0.1) is 0 Å². The molecule has 0 saturated heterocycles. The van der Waals surface area contributed by atoms with E-state index < -0.39 is 5.97 Å². The highest BCUT2D eigenvalue weighted by Gasteiger charge is 2.19. The van der Waals surface area contributed by atoms with E-state index in [0.29, 0.717) is 0 Å². The van der Waals surface area contributed by atoms with Gasteiger partial charge in [-0.25, -0.2) is 0 Å². The number of fused-ring (bicyclic) bond motifs is 1. The highest BCUT2D eigenvalue weighted by Crippen LogP contribution is 2.34. The van der Waals surface area contributed by atoms with E-state index in [-0.39, 0.29) is 12.5 Å². The van der Waals surface area contributed by atoms with Gasteiger partial charge < -0.3 is 14.8 Å². The monoisotopic (exact) mass is 427 g/mol. The Labute approximate surface area is 166 Å². The first-order valence-electron chi connectivity index (χ1n) is 9.39. The van der Waals surface area contributed by atoms with Crippen LogP contribution in [-0.2, 0) is 11.2 Å². The number of hydrogen-bond donors (Lipinski definition) is 2. The maximum atomic E-state index is 11.5. The Morgan fingerprint density at radius 3 is 2.56 bits per heavy atom. The molecule has 27 heavy (non-hydrogen) atoms. The van der Waals surface area contributed by atoms with Gasteiger partial charge in [0.05, 0.1) is 18.2 Å². The molecule has 0 radical (unpaired) electrons. The molecule has 5 heteroatoms. The first-order chi connectivity index (χ1) is 13.1. The number of aromatic nitrogens is 1. The third-order valence-electron chi connectivity index (χ3n) is 5.19. The number of halogens is 1. The third kappa shape index (κ3) is 4.03. The summed E-state index contributed by atoms with van der Waals surface area (Å²) in [7, 11) is 0. The van der Waals surface area contributed by atoms with E-state index in [1.54, 1.807) is 0 Å². The van der Waals surface area contributed by atoms with Crippen molar-refractivity contribution in [2.24, 2.45) is 0 Å². The van der Waals surface area contributed by atoms with Gasteiger partial charge in [0.25, 0.3) is 0 Å². The van der Waals surface area contributed by atoms with E-state index in [1.165, 1.54) is 19.3 Å². The fourth-order valence-electron chi connectivity index (χ4n) is 3.87. The van der Waals surface area contributed by atoms with Gasteiger partial charge in [0.2, 0.25) is 0 Å². The molecule has 1 fully saturated rings. The summed E-state index contributed by atoms with van der Waals surface area (Å²) in [5.41, 5.74) is 3.56. The van der Waals surface area contributed by atoms with Crippen molar-refractivity contribution in [3.8, 4) is 17.0 Å². The number of rotatable bonds is 5. The van der Waals surface area contributed by atoms with Crippen LogP contribution in [0.5, 0.6) is 5.75 Å². The second-order valence-corrected chi connectivity index (χ2v) is 8.06. The minimum atomic E-state index is -0.840. The molecule has 0 bridgehead atoms. The molecule has 1 aliphatic rings. The smallest absolute Gasteiger partial charge is 0.307 e. The zero-order valence-electron chi connectivity index (χ0n) is 15.0. The lowest BCUT2D eigenvalue weighted by Crippen LogP contribution is -2.19. The average Bonchev–Trinajstić information content (AvgIpc) is 3.01. The number of nitrogens with one attached hydrogen (secondary N) is 1. The second-order valence-electron chi connectivity index (χ2n) is 7.14. The van der Waals surface area contributed by atoms with Gasteiger partial charge in [-0.2, -0.15) is 0 Å². The summed E-state index contributed by atoms with van der Waals surface area (Å²) in [4.78, 5) is 14.9. The van der Waals surface area contributed by atoms with Gasteiger partial charge in [-0.1, -0.05) is 34.5 Å². The SMILES string of the molecule is O=C(O)Cc1c(-c2ccc(Br)cc2)[nH]c2ccc(OC3CCCCC3)cc12. The zero-order valence-corrected chi connectivity index (χ0v) is 16.6. The van der Waals surface area contributed by atoms with Crippen LogP contribution < -0.4 is 4.74 Å². The van der Waals surface area contributed by atoms with Crippen molar-refractivity contribution in [1.82, 2.24) is 4.98 Å². The van der Waals surface area contributed by atoms with Crippen LogP contribution in [0.25, 0.3) is 22.2 Å². The van der Waals surface area contributed by atoms with Crippen LogP contribution >= 0.6 is 15.9 Å². The molecule has 2 aromatic carbocycles. The van der Waals surface area contributed by atoms with Gasteiger partial charge in [-0.15, -0.1) is 0 Å². The number of H-pyrrole nitrogens is 1. The Balaban J connectivity index is 1.74. The lowest BCUT2D eigenvalue weighted by molar-refractivity contribution is -0.136. The Hall–Kier alpha value is -2.27. The molecule has 0 unspecified atom stereocenters. The predicted octanol–water partition coefficient (Wildman–Crippen LogP) is 5.94. The first kappa shape index (κ1) is 18.1. The molecule has 1 heterocycles. The third-order valence-corrected chi connectivity index (χ3v) is 5.72. The molecule has 1 saturated carbocycles. The summed E-state index contributed by atoms with van der Waals surface area (Å²) < 4.78 is 7.18. The van der Waals surface area contributed by atoms with E-state index >= 15 is 0 Å². The van der Waals surface area contributed by atoms with Gasteiger partial charge in [0.15, 0.2) is 0 Å². The second kappa shape index (κ2) is 7.77. The molecular formula is C22H22BrNO3. The Kier molecular flexibility index (Phi) is 5.21. The van der Waals surface area contributed by atoms with Crippen LogP contribution in [0.15, 0.2) is 46.9 Å². The van der Waals surface area contributed by atoms with Crippen LogP contribution in [0.2, 0.25) is 0 Å². The summed E-state index contributed by atoms with van der Waals surface area (Å²) in [6.45, 7) is 0. The normalized spacial score (nSPS) is 15.1. The number of benzene rings is 2. The molecule has 0 aliphatic heterocycles. The van der Waals surface area contributed by atoms with E-state index in [9.17, 15) is 9.90 Å². The summed E-state index contributed by atoms with van der Waals surface area (Å²) in [5.74, 6) is -0.0183. The highest BCUT2D eigenvalue weighted by atomic mass is 79.9. The van der Waals surface area contributed by atoms with Crippen molar-refractivity contribution in [1.29, 1.82) is 0 Å². The van der Waals surface area contributed by atoms with E-state index in [2.05, 4.69) is 20.9 Å². The van der Waals surface area contributed by atoms with Crippen LogP contribution in [0.1, 0.15) is 37.7 Å². The van der Waals surface area contributed by atoms with Gasteiger partial charge in [0.1, 0.15) is 5.75 Å².